The minimum Gasteiger partial charge on any atom is -0.377 e. The number of halogens is 1. The van der Waals surface area contributed by atoms with Crippen molar-refractivity contribution < 1.29 is 9.13 Å². The number of piperidine rings is 1. The van der Waals surface area contributed by atoms with E-state index in [0.29, 0.717) is 18.6 Å². The lowest BCUT2D eigenvalue weighted by Crippen LogP contribution is -2.46. The molecule has 0 saturated carbocycles. The molecule has 94 valence electrons. The normalized spacial score (nSPS) is 42.2. The predicted molar refractivity (Wildman–Crippen MR) is 63.3 cm³/mol. The summed E-state index contributed by atoms with van der Waals surface area (Å²) in [5.41, 5.74) is 0. The largest absolute Gasteiger partial charge is 0.377 e. The highest BCUT2D eigenvalue weighted by Crippen LogP contribution is 2.24. The van der Waals surface area contributed by atoms with Crippen molar-refractivity contribution in [2.45, 2.75) is 45.4 Å². The Morgan fingerprint density at radius 2 is 2.06 bits per heavy atom. The first-order valence-corrected chi connectivity index (χ1v) is 6.65. The van der Waals surface area contributed by atoms with Gasteiger partial charge in [0.05, 0.1) is 6.10 Å². The molecule has 0 unspecified atom stereocenters. The maximum atomic E-state index is 13.6. The van der Waals surface area contributed by atoms with Crippen molar-refractivity contribution in [2.75, 3.05) is 26.2 Å². The lowest BCUT2D eigenvalue weighted by Gasteiger charge is -2.38. The van der Waals surface area contributed by atoms with Gasteiger partial charge in [0, 0.05) is 19.7 Å². The van der Waals surface area contributed by atoms with Gasteiger partial charge >= 0.3 is 0 Å². The first-order valence-electron chi connectivity index (χ1n) is 6.65. The summed E-state index contributed by atoms with van der Waals surface area (Å²) in [4.78, 5) is 2.25. The Kier molecular flexibility index (Phi) is 4.20. The number of nitrogens with zero attached hydrogens (tertiary/aromatic N) is 1. The Morgan fingerprint density at radius 1 is 1.25 bits per heavy atom. The minimum atomic E-state index is -0.646. The molecule has 4 atom stereocenters. The summed E-state index contributed by atoms with van der Waals surface area (Å²) in [6.07, 6.45) is 3.11. The molecule has 2 rings (SSSR count). The summed E-state index contributed by atoms with van der Waals surface area (Å²) in [5, 5.41) is 0. The van der Waals surface area contributed by atoms with E-state index in [1.54, 1.807) is 0 Å². The molecule has 0 radical (unpaired) electrons. The summed E-state index contributed by atoms with van der Waals surface area (Å²) in [6.45, 7) is 7.72. The topological polar surface area (TPSA) is 12.5 Å². The average Bonchev–Trinajstić information content (AvgIpc) is 2.27. The quantitative estimate of drug-likeness (QED) is 0.721. The first-order chi connectivity index (χ1) is 7.66. The second kappa shape index (κ2) is 5.46. The van der Waals surface area contributed by atoms with Crippen LogP contribution in [0.2, 0.25) is 0 Å². The minimum absolute atomic E-state index is 0.237. The zero-order valence-corrected chi connectivity index (χ0v) is 10.5. The molecule has 0 aromatic heterocycles. The van der Waals surface area contributed by atoms with E-state index in [-0.39, 0.29) is 5.92 Å². The van der Waals surface area contributed by atoms with Crippen molar-refractivity contribution >= 4 is 0 Å². The van der Waals surface area contributed by atoms with Crippen LogP contribution in [0.15, 0.2) is 0 Å². The third-order valence-electron chi connectivity index (χ3n) is 4.16. The zero-order chi connectivity index (χ0) is 11.5. The van der Waals surface area contributed by atoms with E-state index in [2.05, 4.69) is 11.8 Å². The van der Waals surface area contributed by atoms with Crippen LogP contribution in [0, 0.1) is 11.8 Å². The van der Waals surface area contributed by atoms with Gasteiger partial charge in [0.15, 0.2) is 0 Å². The fourth-order valence-electron chi connectivity index (χ4n) is 2.73. The van der Waals surface area contributed by atoms with Crippen LogP contribution in [-0.2, 0) is 4.74 Å². The molecule has 16 heavy (non-hydrogen) atoms. The molecular formula is C13H24FNO. The molecule has 2 aliphatic heterocycles. The third-order valence-corrected chi connectivity index (χ3v) is 4.16. The van der Waals surface area contributed by atoms with Gasteiger partial charge in [0.1, 0.15) is 6.17 Å². The van der Waals surface area contributed by atoms with E-state index in [4.69, 9.17) is 4.74 Å². The van der Waals surface area contributed by atoms with E-state index in [9.17, 15) is 4.39 Å². The molecule has 0 spiro atoms. The number of hydrogen-bond acceptors (Lipinski definition) is 2. The standard InChI is InChI=1S/C13H24FNO/c1-10-5-6-15(8-12(10)14)9-13-11(2)4-3-7-16-13/h10-13H,3-9H2,1-2H3/t10-,11+,12+,13-/m0/s1. The average molecular weight is 229 g/mol. The smallest absolute Gasteiger partial charge is 0.115 e. The number of alkyl halides is 1. The van der Waals surface area contributed by atoms with E-state index in [1.165, 1.54) is 12.8 Å². The fraction of sp³-hybridized carbons (Fsp3) is 1.00. The predicted octanol–water partition coefficient (Wildman–Crippen LogP) is 2.48. The van der Waals surface area contributed by atoms with E-state index < -0.39 is 6.17 Å². The van der Waals surface area contributed by atoms with Gasteiger partial charge < -0.3 is 4.74 Å². The molecule has 0 amide bonds. The van der Waals surface area contributed by atoms with Gasteiger partial charge in [0.2, 0.25) is 0 Å². The molecule has 0 aliphatic carbocycles. The Hall–Kier alpha value is -0.150. The molecule has 2 aliphatic rings. The zero-order valence-electron chi connectivity index (χ0n) is 10.5. The molecular weight excluding hydrogens is 205 g/mol. The van der Waals surface area contributed by atoms with Crippen molar-refractivity contribution in [1.29, 1.82) is 0 Å². The van der Waals surface area contributed by atoms with Gasteiger partial charge in [-0.15, -0.1) is 0 Å². The van der Waals surface area contributed by atoms with E-state index in [0.717, 1.165) is 26.1 Å². The van der Waals surface area contributed by atoms with Crippen molar-refractivity contribution in [1.82, 2.24) is 4.90 Å². The Labute approximate surface area is 98.1 Å². The summed E-state index contributed by atoms with van der Waals surface area (Å²) < 4.78 is 19.4. The molecule has 0 N–H and O–H groups in total. The fourth-order valence-corrected chi connectivity index (χ4v) is 2.73. The lowest BCUT2D eigenvalue weighted by molar-refractivity contribution is -0.0484. The number of ether oxygens (including phenoxy) is 1. The summed E-state index contributed by atoms with van der Waals surface area (Å²) >= 11 is 0. The van der Waals surface area contributed by atoms with Gasteiger partial charge in [-0.2, -0.15) is 0 Å². The van der Waals surface area contributed by atoms with Crippen LogP contribution >= 0.6 is 0 Å². The van der Waals surface area contributed by atoms with E-state index in [1.807, 2.05) is 6.92 Å². The molecule has 0 aromatic carbocycles. The van der Waals surface area contributed by atoms with Crippen molar-refractivity contribution in [3.63, 3.8) is 0 Å². The van der Waals surface area contributed by atoms with Crippen LogP contribution in [-0.4, -0.2) is 43.4 Å². The Bertz CT molecular complexity index is 224. The van der Waals surface area contributed by atoms with Gasteiger partial charge in [-0.05, 0) is 37.6 Å². The van der Waals surface area contributed by atoms with Gasteiger partial charge in [-0.25, -0.2) is 4.39 Å². The maximum Gasteiger partial charge on any atom is 0.115 e. The van der Waals surface area contributed by atoms with Crippen LogP contribution in [0.4, 0.5) is 4.39 Å². The van der Waals surface area contributed by atoms with Crippen molar-refractivity contribution in [2.24, 2.45) is 11.8 Å². The molecule has 0 bridgehead atoms. The highest BCUT2D eigenvalue weighted by Gasteiger charge is 2.30. The van der Waals surface area contributed by atoms with Crippen molar-refractivity contribution in [3.05, 3.63) is 0 Å². The lowest BCUT2D eigenvalue weighted by atomic mass is 9.93. The molecule has 2 heterocycles. The summed E-state index contributed by atoms with van der Waals surface area (Å²) in [5.74, 6) is 0.868. The second-order valence-corrected chi connectivity index (χ2v) is 5.57. The molecule has 3 heteroatoms. The Morgan fingerprint density at radius 3 is 2.75 bits per heavy atom. The van der Waals surface area contributed by atoms with Crippen LogP contribution < -0.4 is 0 Å². The summed E-state index contributed by atoms with van der Waals surface area (Å²) in [7, 11) is 0. The Balaban J connectivity index is 1.80. The SMILES string of the molecule is C[C@@H]1CCCO[C@H]1CN1CC[C@H](C)[C@H](F)C1. The van der Waals surface area contributed by atoms with Crippen LogP contribution in [0.5, 0.6) is 0 Å². The monoisotopic (exact) mass is 229 g/mol. The highest BCUT2D eigenvalue weighted by molar-refractivity contribution is 4.81. The van der Waals surface area contributed by atoms with Crippen LogP contribution in [0.1, 0.15) is 33.1 Å². The maximum absolute atomic E-state index is 13.6. The van der Waals surface area contributed by atoms with Gasteiger partial charge in [-0.3, -0.25) is 4.90 Å². The number of likely N-dealkylation sites (tertiary alicyclic amines) is 1. The molecule has 2 nitrogen and oxygen atoms in total. The molecule has 0 aromatic rings. The number of hydrogen-bond donors (Lipinski definition) is 0. The van der Waals surface area contributed by atoms with Crippen LogP contribution in [0.3, 0.4) is 0 Å². The van der Waals surface area contributed by atoms with Gasteiger partial charge in [-0.1, -0.05) is 13.8 Å². The molecule has 2 saturated heterocycles. The molecule has 2 fully saturated rings. The van der Waals surface area contributed by atoms with Crippen LogP contribution in [0.25, 0.3) is 0 Å². The van der Waals surface area contributed by atoms with Crippen molar-refractivity contribution in [3.8, 4) is 0 Å². The third kappa shape index (κ3) is 2.95. The second-order valence-electron chi connectivity index (χ2n) is 5.57. The first kappa shape index (κ1) is 12.3. The van der Waals surface area contributed by atoms with Gasteiger partial charge in [0.25, 0.3) is 0 Å². The van der Waals surface area contributed by atoms with E-state index >= 15 is 0 Å². The summed E-state index contributed by atoms with van der Waals surface area (Å²) in [6, 6.07) is 0. The number of rotatable bonds is 2. The highest BCUT2D eigenvalue weighted by atomic mass is 19.1.